The minimum Gasteiger partial charge on any atom is -0.493 e. The topological polar surface area (TPSA) is 103 Å². The molecule has 0 saturated carbocycles. The number of methoxy groups -OCH3 is 1. The summed E-state index contributed by atoms with van der Waals surface area (Å²) in [7, 11) is 1.50. The fraction of sp³-hybridized carbons (Fsp3) is 0.467. The Morgan fingerprint density at radius 1 is 1.35 bits per heavy atom. The molecule has 2 rings (SSSR count). The van der Waals surface area contributed by atoms with Gasteiger partial charge in [-0.3, -0.25) is 9.59 Å². The number of anilines is 1. The first-order valence-electron chi connectivity index (χ1n) is 7.23. The van der Waals surface area contributed by atoms with Gasteiger partial charge in [-0.15, -0.1) is 12.4 Å². The van der Waals surface area contributed by atoms with Gasteiger partial charge in [0.25, 0.3) is 5.91 Å². The Morgan fingerprint density at radius 2 is 2.13 bits per heavy atom. The first-order chi connectivity index (χ1) is 10.6. The molecule has 1 aliphatic heterocycles. The molecule has 1 heterocycles. The third-order valence-corrected chi connectivity index (χ3v) is 3.43. The number of primary amides is 1. The van der Waals surface area contributed by atoms with E-state index in [1.165, 1.54) is 7.11 Å². The van der Waals surface area contributed by atoms with E-state index >= 15 is 0 Å². The van der Waals surface area contributed by atoms with Crippen molar-refractivity contribution in [3.8, 4) is 11.5 Å². The summed E-state index contributed by atoms with van der Waals surface area (Å²) in [6, 6.07) is 4.82. The lowest BCUT2D eigenvalue weighted by atomic mass is 10.0. The lowest BCUT2D eigenvalue weighted by Gasteiger charge is -2.22. The maximum absolute atomic E-state index is 12.2. The molecule has 1 aromatic carbocycles. The molecule has 1 atom stereocenters. The molecule has 1 aromatic rings. The SMILES string of the molecule is COc1ccc(NC(=O)C2CCCCN2)cc1OCC(N)=O.Cl. The second kappa shape index (κ2) is 9.22. The number of carbonyl (C=O) groups excluding carboxylic acids is 2. The van der Waals surface area contributed by atoms with Crippen LogP contribution >= 0.6 is 12.4 Å². The molecule has 0 bridgehead atoms. The third-order valence-electron chi connectivity index (χ3n) is 3.43. The maximum Gasteiger partial charge on any atom is 0.255 e. The molecule has 0 aliphatic carbocycles. The highest BCUT2D eigenvalue weighted by molar-refractivity contribution is 5.95. The molecule has 0 aromatic heterocycles. The van der Waals surface area contributed by atoms with Crippen LogP contribution in [0.5, 0.6) is 11.5 Å². The van der Waals surface area contributed by atoms with Gasteiger partial charge in [-0.1, -0.05) is 6.42 Å². The smallest absolute Gasteiger partial charge is 0.255 e. The summed E-state index contributed by atoms with van der Waals surface area (Å²) in [6.45, 7) is 0.603. The summed E-state index contributed by atoms with van der Waals surface area (Å²) in [6.07, 6.45) is 2.96. The summed E-state index contributed by atoms with van der Waals surface area (Å²) < 4.78 is 10.4. The van der Waals surface area contributed by atoms with Crippen molar-refractivity contribution < 1.29 is 19.1 Å². The Bertz CT molecular complexity index is 548. The summed E-state index contributed by atoms with van der Waals surface area (Å²) in [5.41, 5.74) is 5.65. The number of benzene rings is 1. The molecule has 128 valence electrons. The average Bonchev–Trinajstić information content (AvgIpc) is 2.54. The minimum absolute atomic E-state index is 0. The molecule has 4 N–H and O–H groups in total. The van der Waals surface area contributed by atoms with Gasteiger partial charge in [-0.05, 0) is 31.5 Å². The van der Waals surface area contributed by atoms with Gasteiger partial charge < -0.3 is 25.8 Å². The van der Waals surface area contributed by atoms with Gasteiger partial charge in [0.15, 0.2) is 18.1 Å². The highest BCUT2D eigenvalue weighted by Crippen LogP contribution is 2.30. The van der Waals surface area contributed by atoms with E-state index in [9.17, 15) is 9.59 Å². The number of amides is 2. The van der Waals surface area contributed by atoms with Gasteiger partial charge in [0.2, 0.25) is 5.91 Å². The van der Waals surface area contributed by atoms with Crippen LogP contribution in [0.25, 0.3) is 0 Å². The van der Waals surface area contributed by atoms with Crippen molar-refractivity contribution in [3.63, 3.8) is 0 Å². The van der Waals surface area contributed by atoms with E-state index in [1.807, 2.05) is 0 Å². The molecule has 0 radical (unpaired) electrons. The molecule has 1 unspecified atom stereocenters. The Kier molecular flexibility index (Phi) is 7.64. The van der Waals surface area contributed by atoms with Crippen molar-refractivity contribution in [3.05, 3.63) is 18.2 Å². The van der Waals surface area contributed by atoms with Crippen LogP contribution in [-0.2, 0) is 9.59 Å². The quantitative estimate of drug-likeness (QED) is 0.716. The monoisotopic (exact) mass is 343 g/mol. The Hall–Kier alpha value is -1.99. The van der Waals surface area contributed by atoms with Crippen molar-refractivity contribution in [1.82, 2.24) is 5.32 Å². The molecule has 0 spiro atoms. The predicted octanol–water partition coefficient (Wildman–Crippen LogP) is 1.06. The fourth-order valence-corrected chi connectivity index (χ4v) is 2.32. The summed E-state index contributed by atoms with van der Waals surface area (Å²) in [5.74, 6) is 0.166. The van der Waals surface area contributed by atoms with Crippen LogP contribution in [0.4, 0.5) is 5.69 Å². The van der Waals surface area contributed by atoms with E-state index in [0.29, 0.717) is 17.2 Å². The van der Waals surface area contributed by atoms with E-state index in [0.717, 1.165) is 25.8 Å². The van der Waals surface area contributed by atoms with Crippen LogP contribution in [0.1, 0.15) is 19.3 Å². The molecule has 1 aliphatic rings. The van der Waals surface area contributed by atoms with Crippen LogP contribution in [-0.4, -0.2) is 38.1 Å². The zero-order valence-electron chi connectivity index (χ0n) is 13.0. The van der Waals surface area contributed by atoms with E-state index in [1.54, 1.807) is 18.2 Å². The van der Waals surface area contributed by atoms with Gasteiger partial charge >= 0.3 is 0 Å². The van der Waals surface area contributed by atoms with Gasteiger partial charge in [0.05, 0.1) is 13.2 Å². The number of nitrogens with one attached hydrogen (secondary N) is 2. The Labute approximate surface area is 141 Å². The number of ether oxygens (including phenoxy) is 2. The third kappa shape index (κ3) is 5.61. The normalized spacial score (nSPS) is 16.8. The zero-order chi connectivity index (χ0) is 15.9. The largest absolute Gasteiger partial charge is 0.493 e. The van der Waals surface area contributed by atoms with Gasteiger partial charge in [0.1, 0.15) is 0 Å². The number of rotatable bonds is 6. The van der Waals surface area contributed by atoms with Gasteiger partial charge in [-0.25, -0.2) is 0 Å². The molecule has 1 saturated heterocycles. The Balaban J connectivity index is 0.00000264. The molecule has 8 heteroatoms. The average molecular weight is 344 g/mol. The van der Waals surface area contributed by atoms with E-state index in [-0.39, 0.29) is 31.0 Å². The van der Waals surface area contributed by atoms with Gasteiger partial charge in [0, 0.05) is 11.8 Å². The Morgan fingerprint density at radius 3 is 2.74 bits per heavy atom. The summed E-state index contributed by atoms with van der Waals surface area (Å²) in [5, 5.41) is 6.03. The standard InChI is InChI=1S/C15H21N3O4.ClH/c1-21-12-6-5-10(8-13(12)22-9-14(16)19)18-15(20)11-4-2-3-7-17-11;/h5-6,8,11,17H,2-4,7,9H2,1H3,(H2,16,19)(H,18,20);1H. The second-order valence-electron chi connectivity index (χ2n) is 5.11. The summed E-state index contributed by atoms with van der Waals surface area (Å²) in [4.78, 5) is 23.0. The van der Waals surface area contributed by atoms with Crippen molar-refractivity contribution in [2.45, 2.75) is 25.3 Å². The molecular weight excluding hydrogens is 322 g/mol. The maximum atomic E-state index is 12.2. The van der Waals surface area contributed by atoms with Crippen molar-refractivity contribution in [1.29, 1.82) is 0 Å². The number of nitrogens with two attached hydrogens (primary N) is 1. The number of piperidine rings is 1. The van der Waals surface area contributed by atoms with Crippen molar-refractivity contribution >= 4 is 29.9 Å². The van der Waals surface area contributed by atoms with Crippen LogP contribution in [0, 0.1) is 0 Å². The van der Waals surface area contributed by atoms with Crippen molar-refractivity contribution in [2.75, 3.05) is 25.6 Å². The van der Waals surface area contributed by atoms with Crippen LogP contribution in [0.15, 0.2) is 18.2 Å². The molecule has 23 heavy (non-hydrogen) atoms. The zero-order valence-corrected chi connectivity index (χ0v) is 13.8. The van der Waals surface area contributed by atoms with Crippen molar-refractivity contribution in [2.24, 2.45) is 5.73 Å². The van der Waals surface area contributed by atoms with Crippen LogP contribution in [0.2, 0.25) is 0 Å². The van der Waals surface area contributed by atoms with Crippen LogP contribution < -0.4 is 25.8 Å². The van der Waals surface area contributed by atoms with E-state index in [2.05, 4.69) is 10.6 Å². The first kappa shape index (κ1) is 19.1. The molecular formula is C15H22ClN3O4. The number of halogens is 1. The lowest BCUT2D eigenvalue weighted by molar-refractivity contribution is -0.120. The first-order valence-corrected chi connectivity index (χ1v) is 7.23. The molecule has 2 amide bonds. The number of carbonyl (C=O) groups is 2. The van der Waals surface area contributed by atoms with Crippen LogP contribution in [0.3, 0.4) is 0 Å². The predicted molar refractivity (Wildman–Crippen MR) is 89.2 cm³/mol. The van der Waals surface area contributed by atoms with E-state index in [4.69, 9.17) is 15.2 Å². The fourth-order valence-electron chi connectivity index (χ4n) is 2.32. The highest BCUT2D eigenvalue weighted by atomic mass is 35.5. The molecule has 7 nitrogen and oxygen atoms in total. The lowest BCUT2D eigenvalue weighted by Crippen LogP contribution is -2.43. The van der Waals surface area contributed by atoms with Gasteiger partial charge in [-0.2, -0.15) is 0 Å². The van der Waals surface area contributed by atoms with E-state index < -0.39 is 5.91 Å². The number of hydrogen-bond donors (Lipinski definition) is 3. The number of hydrogen-bond acceptors (Lipinski definition) is 5. The summed E-state index contributed by atoms with van der Waals surface area (Å²) >= 11 is 0. The second-order valence-corrected chi connectivity index (χ2v) is 5.11. The minimum atomic E-state index is -0.581. The molecule has 1 fully saturated rings. The highest BCUT2D eigenvalue weighted by Gasteiger charge is 2.20.